The number of rotatable bonds is 5. The fourth-order valence-corrected chi connectivity index (χ4v) is 2.09. The minimum Gasteiger partial charge on any atom is -0.476 e. The number of hydrogen-bond acceptors (Lipinski definition) is 3. The van der Waals surface area contributed by atoms with Crippen LogP contribution in [0, 0.1) is 5.82 Å². The summed E-state index contributed by atoms with van der Waals surface area (Å²) in [5, 5.41) is 16.3. The lowest BCUT2D eigenvalue weighted by Gasteiger charge is -2.09. The minimum atomic E-state index is -1.09. The number of halogens is 2. The Morgan fingerprint density at radius 2 is 2.30 bits per heavy atom. The summed E-state index contributed by atoms with van der Waals surface area (Å²) in [5.74, 6) is -1.53. The summed E-state index contributed by atoms with van der Waals surface area (Å²) in [6.45, 7) is 2.31. The van der Waals surface area contributed by atoms with Crippen LogP contribution in [0.4, 0.5) is 10.1 Å². The fraction of sp³-hybridized carbons (Fsp3) is 0.231. The Kier molecular flexibility index (Phi) is 4.24. The molecule has 0 saturated carbocycles. The quantitative estimate of drug-likeness (QED) is 0.890. The standard InChI is InChI=1S/C13H13ClFN3O2/c1-2-18-12(13(19)20)11(7-17-18)16-6-8-9(14)4-3-5-10(8)15/h3-5,7,16H,2,6H2,1H3,(H,19,20). The number of nitrogens with zero attached hydrogens (tertiary/aromatic N) is 2. The van der Waals surface area contributed by atoms with Crippen molar-refractivity contribution in [1.29, 1.82) is 0 Å². The van der Waals surface area contributed by atoms with Crippen molar-refractivity contribution in [2.75, 3.05) is 5.32 Å². The highest BCUT2D eigenvalue weighted by atomic mass is 35.5. The van der Waals surface area contributed by atoms with Crippen LogP contribution in [0.2, 0.25) is 5.02 Å². The lowest BCUT2D eigenvalue weighted by atomic mass is 10.2. The SMILES string of the molecule is CCn1ncc(NCc2c(F)cccc2Cl)c1C(=O)O. The summed E-state index contributed by atoms with van der Waals surface area (Å²) < 4.78 is 15.0. The van der Waals surface area contributed by atoms with Crippen molar-refractivity contribution in [3.05, 3.63) is 46.5 Å². The molecule has 1 aromatic carbocycles. The Morgan fingerprint density at radius 3 is 2.90 bits per heavy atom. The first-order chi connectivity index (χ1) is 9.54. The lowest BCUT2D eigenvalue weighted by Crippen LogP contribution is -2.12. The predicted octanol–water partition coefficient (Wildman–Crippen LogP) is 3.01. The number of carboxylic acid groups (broad SMARTS) is 1. The van der Waals surface area contributed by atoms with Crippen molar-refractivity contribution < 1.29 is 14.3 Å². The van der Waals surface area contributed by atoms with Gasteiger partial charge in [0.15, 0.2) is 5.69 Å². The van der Waals surface area contributed by atoms with Crippen molar-refractivity contribution in [3.63, 3.8) is 0 Å². The molecule has 1 aromatic heterocycles. The van der Waals surface area contributed by atoms with E-state index in [0.29, 0.717) is 12.2 Å². The minimum absolute atomic E-state index is 0.0416. The molecule has 2 rings (SSSR count). The zero-order valence-electron chi connectivity index (χ0n) is 10.7. The molecule has 0 aliphatic rings. The Morgan fingerprint density at radius 1 is 1.55 bits per heavy atom. The summed E-state index contributed by atoms with van der Waals surface area (Å²) in [6, 6.07) is 4.39. The first kappa shape index (κ1) is 14.3. The largest absolute Gasteiger partial charge is 0.476 e. The maximum atomic E-state index is 13.6. The fourth-order valence-electron chi connectivity index (χ4n) is 1.86. The second kappa shape index (κ2) is 5.92. The number of nitrogens with one attached hydrogen (secondary N) is 1. The van der Waals surface area contributed by atoms with Crippen LogP contribution in [0.3, 0.4) is 0 Å². The van der Waals surface area contributed by atoms with Crippen LogP contribution in [0.5, 0.6) is 0 Å². The Bertz CT molecular complexity index is 622. The highest BCUT2D eigenvalue weighted by Gasteiger charge is 2.17. The van der Waals surface area contributed by atoms with E-state index in [-0.39, 0.29) is 22.8 Å². The maximum Gasteiger partial charge on any atom is 0.356 e. The number of hydrogen-bond donors (Lipinski definition) is 2. The number of aryl methyl sites for hydroxylation is 1. The molecule has 20 heavy (non-hydrogen) atoms. The number of anilines is 1. The van der Waals surface area contributed by atoms with Gasteiger partial charge in [-0.3, -0.25) is 4.68 Å². The molecule has 0 amide bonds. The van der Waals surface area contributed by atoms with Gasteiger partial charge in [0.2, 0.25) is 0 Å². The molecule has 5 nitrogen and oxygen atoms in total. The van der Waals surface area contributed by atoms with Crippen LogP contribution in [0.1, 0.15) is 23.0 Å². The van der Waals surface area contributed by atoms with Gasteiger partial charge in [0.25, 0.3) is 0 Å². The third-order valence-electron chi connectivity index (χ3n) is 2.86. The third-order valence-corrected chi connectivity index (χ3v) is 3.21. The Hall–Kier alpha value is -2.08. The van der Waals surface area contributed by atoms with Gasteiger partial charge in [0.1, 0.15) is 5.82 Å². The van der Waals surface area contributed by atoms with Crippen LogP contribution in [0.25, 0.3) is 0 Å². The van der Waals surface area contributed by atoms with Crippen LogP contribution in [0.15, 0.2) is 24.4 Å². The molecule has 2 N–H and O–H groups in total. The van der Waals surface area contributed by atoms with E-state index in [1.165, 1.54) is 23.0 Å². The molecule has 106 valence electrons. The van der Waals surface area contributed by atoms with Crippen molar-refractivity contribution in [3.8, 4) is 0 Å². The molecule has 7 heteroatoms. The molecule has 0 saturated heterocycles. The third kappa shape index (κ3) is 2.75. The average molecular weight is 298 g/mol. The molecule has 0 atom stereocenters. The molecule has 2 aromatic rings. The van der Waals surface area contributed by atoms with Crippen LogP contribution >= 0.6 is 11.6 Å². The Labute approximate surface area is 120 Å². The van der Waals surface area contributed by atoms with E-state index in [9.17, 15) is 14.3 Å². The van der Waals surface area contributed by atoms with Gasteiger partial charge in [0, 0.05) is 23.7 Å². The van der Waals surface area contributed by atoms with Gasteiger partial charge in [-0.2, -0.15) is 5.10 Å². The summed E-state index contributed by atoms with van der Waals surface area (Å²) in [6.07, 6.45) is 1.40. The van der Waals surface area contributed by atoms with Crippen molar-refractivity contribution >= 4 is 23.3 Å². The second-order valence-electron chi connectivity index (χ2n) is 4.08. The number of carboxylic acids is 1. The van der Waals surface area contributed by atoms with Gasteiger partial charge < -0.3 is 10.4 Å². The number of aromatic nitrogens is 2. The van der Waals surface area contributed by atoms with Crippen LogP contribution in [-0.2, 0) is 13.1 Å². The number of aromatic carboxylic acids is 1. The second-order valence-corrected chi connectivity index (χ2v) is 4.49. The smallest absolute Gasteiger partial charge is 0.356 e. The average Bonchev–Trinajstić information content (AvgIpc) is 2.81. The van der Waals surface area contributed by atoms with Gasteiger partial charge in [-0.15, -0.1) is 0 Å². The van der Waals surface area contributed by atoms with Crippen molar-refractivity contribution in [2.45, 2.75) is 20.0 Å². The highest BCUT2D eigenvalue weighted by Crippen LogP contribution is 2.22. The first-order valence-electron chi connectivity index (χ1n) is 6.00. The van der Waals surface area contributed by atoms with E-state index in [4.69, 9.17) is 11.6 Å². The topological polar surface area (TPSA) is 67.2 Å². The molecule has 0 radical (unpaired) electrons. The van der Waals surface area contributed by atoms with Gasteiger partial charge in [0.05, 0.1) is 11.9 Å². The summed E-state index contributed by atoms with van der Waals surface area (Å²) in [4.78, 5) is 11.2. The van der Waals surface area contributed by atoms with Gasteiger partial charge >= 0.3 is 5.97 Å². The van der Waals surface area contributed by atoms with Gasteiger partial charge in [-0.05, 0) is 19.1 Å². The van der Waals surface area contributed by atoms with E-state index >= 15 is 0 Å². The van der Waals surface area contributed by atoms with E-state index in [2.05, 4.69) is 10.4 Å². The van der Waals surface area contributed by atoms with Crippen LogP contribution in [-0.4, -0.2) is 20.9 Å². The number of carbonyl (C=O) groups is 1. The predicted molar refractivity (Wildman–Crippen MR) is 73.6 cm³/mol. The summed E-state index contributed by atoms with van der Waals surface area (Å²) >= 11 is 5.91. The Balaban J connectivity index is 2.24. The van der Waals surface area contributed by atoms with E-state index in [0.717, 1.165) is 0 Å². The number of benzene rings is 1. The van der Waals surface area contributed by atoms with E-state index in [1.54, 1.807) is 13.0 Å². The van der Waals surface area contributed by atoms with E-state index in [1.807, 2.05) is 0 Å². The molecular weight excluding hydrogens is 285 g/mol. The molecule has 0 unspecified atom stereocenters. The molecule has 0 aliphatic carbocycles. The van der Waals surface area contributed by atoms with Crippen molar-refractivity contribution in [2.24, 2.45) is 0 Å². The first-order valence-corrected chi connectivity index (χ1v) is 6.38. The zero-order valence-corrected chi connectivity index (χ0v) is 11.5. The highest BCUT2D eigenvalue weighted by molar-refractivity contribution is 6.31. The lowest BCUT2D eigenvalue weighted by molar-refractivity contribution is 0.0684. The molecule has 0 bridgehead atoms. The molecule has 0 spiro atoms. The molecular formula is C13H13ClFN3O2. The normalized spacial score (nSPS) is 10.6. The molecule has 0 aliphatic heterocycles. The molecule has 0 fully saturated rings. The van der Waals surface area contributed by atoms with Gasteiger partial charge in [-0.25, -0.2) is 9.18 Å². The summed E-state index contributed by atoms with van der Waals surface area (Å²) in [7, 11) is 0. The summed E-state index contributed by atoms with van der Waals surface area (Å²) in [5.41, 5.74) is 0.661. The molecule has 1 heterocycles. The monoisotopic (exact) mass is 297 g/mol. The maximum absolute atomic E-state index is 13.6. The van der Waals surface area contributed by atoms with Crippen LogP contribution < -0.4 is 5.32 Å². The van der Waals surface area contributed by atoms with Gasteiger partial charge in [-0.1, -0.05) is 17.7 Å². The van der Waals surface area contributed by atoms with E-state index < -0.39 is 11.8 Å². The zero-order chi connectivity index (χ0) is 14.7. The van der Waals surface area contributed by atoms with Crippen molar-refractivity contribution in [1.82, 2.24) is 9.78 Å².